The van der Waals surface area contributed by atoms with Gasteiger partial charge >= 0.3 is 35.8 Å². The predicted molar refractivity (Wildman–Crippen MR) is 49.4 cm³/mol. The van der Waals surface area contributed by atoms with E-state index in [0.29, 0.717) is 0 Å². The maximum absolute atomic E-state index is 9.10. The van der Waals surface area contributed by atoms with Crippen molar-refractivity contribution in [1.29, 1.82) is 0 Å². The Hall–Kier alpha value is -0.830. The van der Waals surface area contributed by atoms with E-state index in [-0.39, 0.29) is 76.7 Å². The van der Waals surface area contributed by atoms with Crippen LogP contribution in [0.25, 0.3) is 0 Å². The van der Waals surface area contributed by atoms with Crippen molar-refractivity contribution in [2.24, 2.45) is 0 Å². The minimum atomic E-state index is -1.82. The molecule has 0 aliphatic heterocycles. The second kappa shape index (κ2) is 21.5. The van der Waals surface area contributed by atoms with Crippen LogP contribution in [0.2, 0.25) is 0 Å². The molecule has 0 saturated heterocycles. The van der Waals surface area contributed by atoms with E-state index in [9.17, 15) is 0 Å². The van der Waals surface area contributed by atoms with Crippen molar-refractivity contribution < 1.29 is 136 Å². The predicted octanol–water partition coefficient (Wildman–Crippen LogP) is -3.36. The number of aliphatic carboxylic acids is 6. The number of rotatable bonds is 0. The molecule has 0 fully saturated rings. The Balaban J connectivity index is -0.0000000375. The van der Waals surface area contributed by atoms with Gasteiger partial charge in [0.15, 0.2) is 0 Å². The largest absolute Gasteiger partial charge is 0.473 e. The fraction of sp³-hybridized carbons (Fsp3) is 0. The van der Waals surface area contributed by atoms with Crippen molar-refractivity contribution in [2.75, 3.05) is 0 Å². The molecule has 0 aliphatic rings. The molecule has 0 aliphatic carbocycles. The van der Waals surface area contributed by atoms with E-state index in [0.717, 1.165) is 0 Å². The Bertz CT molecular complexity index is 282. The van der Waals surface area contributed by atoms with Gasteiger partial charge in [0, 0.05) is 71.2 Å². The Morgan fingerprint density at radius 3 is 0.429 bits per heavy atom. The van der Waals surface area contributed by atoms with E-state index in [1.165, 1.54) is 0 Å². The fourth-order valence-corrected chi connectivity index (χ4v) is 0. The van der Waals surface area contributed by atoms with E-state index in [4.69, 9.17) is 59.4 Å². The van der Waals surface area contributed by atoms with Gasteiger partial charge in [0.2, 0.25) is 0 Å². The van der Waals surface area contributed by atoms with Crippen LogP contribution in [0.3, 0.4) is 0 Å². The van der Waals surface area contributed by atoms with Gasteiger partial charge in [0.1, 0.15) is 0 Å². The quantitative estimate of drug-likeness (QED) is 0.157. The van der Waals surface area contributed by atoms with Crippen molar-refractivity contribution in [3.8, 4) is 0 Å². The smallest absolute Gasteiger partial charge is 0.414 e. The molecule has 21 heavy (non-hydrogen) atoms. The molecule has 0 aromatic heterocycles. The van der Waals surface area contributed by atoms with Gasteiger partial charge in [-0.1, -0.05) is 0 Å². The molecular weight excluding hydrogens is 558 g/mol. The number of carboxylic acids is 6. The Labute approximate surface area is 170 Å². The first-order chi connectivity index (χ1) is 7.93. The van der Waals surface area contributed by atoms with Crippen LogP contribution in [-0.2, 0) is 28.8 Å². The monoisotopic (exact) mass is 566 g/mol. The summed E-state index contributed by atoms with van der Waals surface area (Å²) in [4.78, 5) is 54.6. The summed E-state index contributed by atoms with van der Waals surface area (Å²) in [6.07, 6.45) is 0. The third-order valence-corrected chi connectivity index (χ3v) is 0.549. The summed E-state index contributed by atoms with van der Waals surface area (Å²) >= 11 is 0. The maximum atomic E-state index is 9.10. The number of hydrogen-bond acceptors (Lipinski definition) is 6. The molecule has 0 atom stereocenters. The molecule has 0 amide bonds. The minimum absolute atomic E-state index is 0. The molecule has 13 nitrogen and oxygen atoms in total. The van der Waals surface area contributed by atoms with Crippen molar-refractivity contribution in [3.05, 3.63) is 0 Å². The van der Waals surface area contributed by atoms with Crippen LogP contribution in [0, 0.1) is 71.2 Å². The third-order valence-electron chi connectivity index (χ3n) is 0.549. The SMILES string of the molecule is O.O=C(O)C(=O)O.O=C(O)C(=O)O.O=C(O)C(=O)O.[La].[La]. The van der Waals surface area contributed by atoms with Crippen LogP contribution in [0.4, 0.5) is 0 Å². The first-order valence-electron chi connectivity index (χ1n) is 3.32. The zero-order valence-electron chi connectivity index (χ0n) is 9.79. The molecule has 0 unspecified atom stereocenters. The summed E-state index contributed by atoms with van der Waals surface area (Å²) in [5, 5.41) is 44.3. The number of hydrogen-bond donors (Lipinski definition) is 6. The van der Waals surface area contributed by atoms with E-state index in [1.807, 2.05) is 0 Å². The number of carboxylic acid groups (broad SMARTS) is 6. The van der Waals surface area contributed by atoms with Gasteiger partial charge in [-0.15, -0.1) is 0 Å². The van der Waals surface area contributed by atoms with Crippen molar-refractivity contribution in [2.45, 2.75) is 0 Å². The second-order valence-electron chi connectivity index (χ2n) is 1.83. The van der Waals surface area contributed by atoms with Crippen LogP contribution in [0.5, 0.6) is 0 Å². The molecule has 0 rings (SSSR count). The number of carbonyl (C=O) groups is 6. The summed E-state index contributed by atoms with van der Waals surface area (Å²) in [5.41, 5.74) is 0. The van der Waals surface area contributed by atoms with Gasteiger partial charge < -0.3 is 36.1 Å². The average molecular weight is 566 g/mol. The van der Waals surface area contributed by atoms with Gasteiger partial charge in [0.25, 0.3) is 0 Å². The molecule has 8 N–H and O–H groups in total. The molecule has 116 valence electrons. The summed E-state index contributed by atoms with van der Waals surface area (Å²) in [7, 11) is 0. The topological polar surface area (TPSA) is 255 Å². The van der Waals surface area contributed by atoms with Gasteiger partial charge in [-0.2, -0.15) is 0 Å². The van der Waals surface area contributed by atoms with Gasteiger partial charge in [-0.05, 0) is 0 Å². The molecule has 0 saturated carbocycles. The van der Waals surface area contributed by atoms with Crippen molar-refractivity contribution in [3.63, 3.8) is 0 Å². The van der Waals surface area contributed by atoms with Crippen LogP contribution >= 0.6 is 0 Å². The molecule has 2 radical (unpaired) electrons. The van der Waals surface area contributed by atoms with Crippen LogP contribution in [0.15, 0.2) is 0 Å². The Morgan fingerprint density at radius 1 is 0.381 bits per heavy atom. The zero-order valence-corrected chi connectivity index (χ0v) is 17.0. The maximum Gasteiger partial charge on any atom is 0.414 e. The molecule has 15 heteroatoms. The molecule has 0 aromatic carbocycles. The van der Waals surface area contributed by atoms with E-state index < -0.39 is 35.8 Å². The Morgan fingerprint density at radius 2 is 0.429 bits per heavy atom. The first kappa shape index (κ1) is 36.9. The fourth-order valence-electron chi connectivity index (χ4n) is 0. The molecule has 0 heterocycles. The van der Waals surface area contributed by atoms with Gasteiger partial charge in [-0.25, -0.2) is 28.8 Å². The van der Waals surface area contributed by atoms with E-state index >= 15 is 0 Å². The van der Waals surface area contributed by atoms with Crippen LogP contribution in [-0.4, -0.2) is 71.9 Å². The molecule has 0 aromatic rings. The van der Waals surface area contributed by atoms with Crippen LogP contribution < -0.4 is 0 Å². The van der Waals surface area contributed by atoms with Gasteiger partial charge in [0.05, 0.1) is 0 Å². The summed E-state index contributed by atoms with van der Waals surface area (Å²) in [6, 6.07) is 0. The minimum Gasteiger partial charge on any atom is -0.473 e. The van der Waals surface area contributed by atoms with E-state index in [2.05, 4.69) is 0 Å². The Kier molecular flexibility index (Phi) is 37.7. The average Bonchev–Trinajstić information content (AvgIpc) is 2.18. The van der Waals surface area contributed by atoms with Crippen molar-refractivity contribution >= 4 is 35.8 Å². The second-order valence-corrected chi connectivity index (χ2v) is 1.83. The molecule has 0 spiro atoms. The normalized spacial score (nSPS) is 6.29. The standard InChI is InChI=1S/3C2H2O4.2La.H2O/c3*3-1(4)2(5)6;;;/h3*(H,3,4)(H,5,6);;;1H2. The summed E-state index contributed by atoms with van der Waals surface area (Å²) in [5.74, 6) is -10.9. The first-order valence-corrected chi connectivity index (χ1v) is 3.32. The molecule has 0 bridgehead atoms. The van der Waals surface area contributed by atoms with Gasteiger partial charge in [-0.3, -0.25) is 0 Å². The summed E-state index contributed by atoms with van der Waals surface area (Å²) in [6.45, 7) is 0. The molecular formula is C6H8La2O13. The van der Waals surface area contributed by atoms with Crippen LogP contribution in [0.1, 0.15) is 0 Å². The van der Waals surface area contributed by atoms with E-state index in [1.54, 1.807) is 0 Å². The third kappa shape index (κ3) is 45.3. The van der Waals surface area contributed by atoms with Crippen molar-refractivity contribution in [1.82, 2.24) is 0 Å². The zero-order chi connectivity index (χ0) is 15.5. The summed E-state index contributed by atoms with van der Waals surface area (Å²) < 4.78 is 0.